The van der Waals surface area contributed by atoms with E-state index in [2.05, 4.69) is 15.3 Å². The van der Waals surface area contributed by atoms with E-state index in [1.54, 1.807) is 7.05 Å². The zero-order chi connectivity index (χ0) is 25.8. The number of rotatable bonds is 9. The molecule has 4 N–H and O–H groups in total. The van der Waals surface area contributed by atoms with Crippen molar-refractivity contribution in [2.24, 2.45) is 0 Å². The third-order valence-electron chi connectivity index (χ3n) is 4.73. The van der Waals surface area contributed by atoms with Crippen LogP contribution in [0.15, 0.2) is 59.8 Å². The van der Waals surface area contributed by atoms with Gasteiger partial charge in [-0.15, -0.1) is 0 Å². The van der Waals surface area contributed by atoms with Gasteiger partial charge in [-0.2, -0.15) is 0 Å². The van der Waals surface area contributed by atoms with Crippen molar-refractivity contribution in [3.8, 4) is 0 Å². The molecule has 3 rings (SSSR count). The molecule has 0 radical (unpaired) electrons. The predicted octanol–water partition coefficient (Wildman–Crippen LogP) is 2.90. The lowest BCUT2D eigenvalue weighted by atomic mass is 9.99. The number of nitrogens with one attached hydrogen (secondary N) is 2. The largest absolute Gasteiger partial charge is 0.393 e. The van der Waals surface area contributed by atoms with Crippen LogP contribution in [0.3, 0.4) is 0 Å². The average molecular weight is 507 g/mol. The van der Waals surface area contributed by atoms with Gasteiger partial charge < -0.3 is 15.8 Å². The zero-order valence-corrected chi connectivity index (χ0v) is 19.4. The minimum Gasteiger partial charge on any atom is -0.393 e. The number of nitrogens with zero attached hydrogens (tertiary/aromatic N) is 3. The molecule has 0 bridgehead atoms. The fraction of sp³-hybridized carbons (Fsp3) is 0.136. The molecule has 1 heterocycles. The Bertz CT molecular complexity index is 1400. The molecule has 2 aromatic carbocycles. The lowest BCUT2D eigenvalue weighted by Gasteiger charge is -2.25. The van der Waals surface area contributed by atoms with Gasteiger partial charge in [0.2, 0.25) is 5.95 Å². The number of sulfonamides is 1. The first-order valence-electron chi connectivity index (χ1n) is 9.92. The molecular weight excluding hydrogens is 485 g/mol. The molecule has 13 heteroatoms. The van der Waals surface area contributed by atoms with Crippen LogP contribution in [-0.4, -0.2) is 45.0 Å². The monoisotopic (exact) mass is 506 g/mol. The molecule has 35 heavy (non-hydrogen) atoms. The number of ether oxygens (including phenoxy) is 1. The SMILES string of the molecule is CN/C=C(\C(=N)c1cccc(N(COC)S(=O)(=O)c2cc(F)ccc2F)c1F)c1ccnc(N)n1. The van der Waals surface area contributed by atoms with Gasteiger partial charge in [-0.05, 0) is 36.4 Å². The van der Waals surface area contributed by atoms with E-state index in [0.29, 0.717) is 16.4 Å². The number of allylic oxidation sites excluding steroid dienone is 1. The number of aromatic nitrogens is 2. The highest BCUT2D eigenvalue weighted by Gasteiger charge is 2.31. The first-order valence-corrected chi connectivity index (χ1v) is 11.4. The quantitative estimate of drug-likeness (QED) is 0.300. The molecule has 0 unspecified atom stereocenters. The Kier molecular flexibility index (Phi) is 7.71. The van der Waals surface area contributed by atoms with E-state index in [9.17, 15) is 17.2 Å². The number of nitrogens with two attached hydrogens (primary N) is 1. The van der Waals surface area contributed by atoms with Gasteiger partial charge in [0.25, 0.3) is 10.0 Å². The van der Waals surface area contributed by atoms with E-state index < -0.39 is 44.8 Å². The van der Waals surface area contributed by atoms with Gasteiger partial charge in [0.1, 0.15) is 23.3 Å². The third kappa shape index (κ3) is 5.25. The summed E-state index contributed by atoms with van der Waals surface area (Å²) >= 11 is 0. The van der Waals surface area contributed by atoms with Crippen LogP contribution in [0.1, 0.15) is 11.3 Å². The Morgan fingerprint density at radius 3 is 2.63 bits per heavy atom. The van der Waals surface area contributed by atoms with Crippen LogP contribution in [-0.2, 0) is 14.8 Å². The van der Waals surface area contributed by atoms with Crippen LogP contribution < -0.4 is 15.4 Å². The summed E-state index contributed by atoms with van der Waals surface area (Å²) in [5, 5.41) is 11.3. The highest BCUT2D eigenvalue weighted by molar-refractivity contribution is 7.92. The Morgan fingerprint density at radius 2 is 1.97 bits per heavy atom. The van der Waals surface area contributed by atoms with Crippen molar-refractivity contribution in [2.45, 2.75) is 4.90 Å². The minimum atomic E-state index is -4.80. The molecule has 0 aliphatic rings. The zero-order valence-electron chi connectivity index (χ0n) is 18.6. The lowest BCUT2D eigenvalue weighted by Crippen LogP contribution is -2.34. The van der Waals surface area contributed by atoms with Crippen molar-refractivity contribution >= 4 is 32.9 Å². The molecule has 0 aliphatic heterocycles. The molecule has 0 spiro atoms. The number of hydrogen-bond acceptors (Lipinski definition) is 8. The molecule has 9 nitrogen and oxygen atoms in total. The van der Waals surface area contributed by atoms with E-state index >= 15 is 4.39 Å². The van der Waals surface area contributed by atoms with Crippen LogP contribution >= 0.6 is 0 Å². The van der Waals surface area contributed by atoms with Gasteiger partial charge in [0, 0.05) is 37.7 Å². The van der Waals surface area contributed by atoms with Crippen LogP contribution in [0.25, 0.3) is 5.57 Å². The summed E-state index contributed by atoms with van der Waals surface area (Å²) in [6.45, 7) is -0.715. The van der Waals surface area contributed by atoms with Crippen LogP contribution in [0.2, 0.25) is 0 Å². The van der Waals surface area contributed by atoms with E-state index in [4.69, 9.17) is 15.9 Å². The van der Waals surface area contributed by atoms with Crippen LogP contribution in [0, 0.1) is 22.9 Å². The maximum absolute atomic E-state index is 15.7. The summed E-state index contributed by atoms with van der Waals surface area (Å²) in [6.07, 6.45) is 2.75. The summed E-state index contributed by atoms with van der Waals surface area (Å²) in [5.41, 5.74) is 4.78. The molecule has 0 atom stereocenters. The van der Waals surface area contributed by atoms with E-state index in [0.717, 1.165) is 19.2 Å². The van der Waals surface area contributed by atoms with E-state index in [1.165, 1.54) is 30.6 Å². The van der Waals surface area contributed by atoms with Crippen molar-refractivity contribution < 1.29 is 26.3 Å². The molecule has 0 aliphatic carbocycles. The molecule has 1 aromatic heterocycles. The smallest absolute Gasteiger partial charge is 0.269 e. The van der Waals surface area contributed by atoms with Crippen molar-refractivity contribution in [3.05, 3.63) is 83.6 Å². The van der Waals surface area contributed by atoms with Gasteiger partial charge in [0.05, 0.1) is 17.1 Å². The second-order valence-corrected chi connectivity index (χ2v) is 8.84. The Labute approximate surface area is 199 Å². The van der Waals surface area contributed by atoms with E-state index in [1.807, 2.05) is 0 Å². The van der Waals surface area contributed by atoms with Crippen molar-refractivity contribution in [2.75, 3.05) is 30.9 Å². The standard InChI is InChI=1S/C22H21F3N6O3S/c1-28-11-15(17-8-9-29-22(27)30-17)21(26)14-4-3-5-18(20(14)25)31(12-34-2)35(32,33)19-10-13(23)6-7-16(19)24/h3-11,26,28H,12H2,1-2H3,(H2,27,29,30)/b15-11-,26-21?. The summed E-state index contributed by atoms with van der Waals surface area (Å²) in [5.74, 6) is -3.40. The van der Waals surface area contributed by atoms with Gasteiger partial charge in [-0.3, -0.25) is 5.41 Å². The minimum absolute atomic E-state index is 0.0685. The van der Waals surface area contributed by atoms with Crippen molar-refractivity contribution in [3.63, 3.8) is 0 Å². The number of hydrogen-bond donors (Lipinski definition) is 3. The highest BCUT2D eigenvalue weighted by Crippen LogP contribution is 2.31. The lowest BCUT2D eigenvalue weighted by molar-refractivity contribution is 0.209. The molecule has 0 saturated heterocycles. The van der Waals surface area contributed by atoms with Gasteiger partial charge in [-0.1, -0.05) is 6.07 Å². The van der Waals surface area contributed by atoms with Gasteiger partial charge in [0.15, 0.2) is 5.82 Å². The normalized spacial score (nSPS) is 11.9. The second kappa shape index (κ2) is 10.5. The third-order valence-corrected chi connectivity index (χ3v) is 6.48. The summed E-state index contributed by atoms with van der Waals surface area (Å²) in [7, 11) is -2.09. The van der Waals surface area contributed by atoms with Gasteiger partial charge in [-0.25, -0.2) is 35.9 Å². The number of nitrogen functional groups attached to an aromatic ring is 1. The number of anilines is 2. The first-order chi connectivity index (χ1) is 16.6. The summed E-state index contributed by atoms with van der Waals surface area (Å²) in [6, 6.07) is 7.05. The predicted molar refractivity (Wildman–Crippen MR) is 125 cm³/mol. The molecular formula is C22H21F3N6O3S. The highest BCUT2D eigenvalue weighted by atomic mass is 32.2. The Balaban J connectivity index is 2.15. The van der Waals surface area contributed by atoms with Crippen molar-refractivity contribution in [1.82, 2.24) is 15.3 Å². The maximum atomic E-state index is 15.7. The maximum Gasteiger partial charge on any atom is 0.269 e. The van der Waals surface area contributed by atoms with Crippen LogP contribution in [0.5, 0.6) is 0 Å². The molecule has 3 aromatic rings. The Morgan fingerprint density at radius 1 is 1.23 bits per heavy atom. The second-order valence-electron chi connectivity index (χ2n) is 7.01. The number of benzene rings is 2. The van der Waals surface area contributed by atoms with Crippen molar-refractivity contribution in [1.29, 1.82) is 5.41 Å². The molecule has 0 saturated carbocycles. The molecule has 0 fully saturated rings. The van der Waals surface area contributed by atoms with Gasteiger partial charge >= 0.3 is 0 Å². The summed E-state index contributed by atoms with van der Waals surface area (Å²) < 4.78 is 75.5. The van der Waals surface area contributed by atoms with E-state index in [-0.39, 0.29) is 28.5 Å². The van der Waals surface area contributed by atoms with Crippen LogP contribution in [0.4, 0.5) is 24.8 Å². The fourth-order valence-corrected chi connectivity index (χ4v) is 4.63. The Hall–Kier alpha value is -3.97. The topological polar surface area (TPSA) is 134 Å². The first kappa shape index (κ1) is 25.6. The summed E-state index contributed by atoms with van der Waals surface area (Å²) in [4.78, 5) is 6.83. The molecule has 184 valence electrons. The fourth-order valence-electron chi connectivity index (χ4n) is 3.17. The molecule has 0 amide bonds. The number of halogens is 3. The number of methoxy groups -OCH3 is 1. The average Bonchev–Trinajstić information content (AvgIpc) is 2.82.